The van der Waals surface area contributed by atoms with Crippen molar-refractivity contribution in [1.29, 1.82) is 0 Å². The Labute approximate surface area is 61.3 Å². The molecule has 56 valence electrons. The predicted molar refractivity (Wildman–Crippen MR) is 40.9 cm³/mol. The standard InChI is InChI=1S/C6H8O.C2H5N/c7-6-4-2-1-3-5-6;1-2-3-1/h1-2H,3-5H2;3H,1-2H2. The maximum Gasteiger partial charge on any atom is 0.136 e. The minimum atomic E-state index is 0.377. The lowest BCUT2D eigenvalue weighted by Crippen LogP contribution is -1.97. The molecule has 0 unspecified atom stereocenters. The highest BCUT2D eigenvalue weighted by molar-refractivity contribution is 5.80. The minimum Gasteiger partial charge on any atom is -0.314 e. The van der Waals surface area contributed by atoms with Crippen molar-refractivity contribution in [3.05, 3.63) is 12.2 Å². The van der Waals surface area contributed by atoms with Gasteiger partial charge in [0.2, 0.25) is 0 Å². The van der Waals surface area contributed by atoms with E-state index in [1.54, 1.807) is 0 Å². The molecule has 2 heteroatoms. The van der Waals surface area contributed by atoms with Gasteiger partial charge in [0.1, 0.15) is 5.78 Å². The Bertz CT molecular complexity index is 135. The molecule has 2 aliphatic rings. The molecule has 1 saturated heterocycles. The Morgan fingerprint density at radius 1 is 1.30 bits per heavy atom. The molecule has 0 bridgehead atoms. The lowest BCUT2D eigenvalue weighted by molar-refractivity contribution is -0.118. The molecule has 0 aromatic heterocycles. The van der Waals surface area contributed by atoms with E-state index < -0.39 is 0 Å². The summed E-state index contributed by atoms with van der Waals surface area (Å²) in [5.74, 6) is 0.377. The van der Waals surface area contributed by atoms with E-state index in [9.17, 15) is 4.79 Å². The van der Waals surface area contributed by atoms with Gasteiger partial charge in [0.25, 0.3) is 0 Å². The summed E-state index contributed by atoms with van der Waals surface area (Å²) < 4.78 is 0. The highest BCUT2D eigenvalue weighted by atomic mass is 16.1. The van der Waals surface area contributed by atoms with Gasteiger partial charge in [-0.05, 0) is 6.42 Å². The van der Waals surface area contributed by atoms with Crippen LogP contribution in [0.4, 0.5) is 0 Å². The Hall–Kier alpha value is -0.630. The zero-order chi connectivity index (χ0) is 7.23. The molecule has 0 aromatic carbocycles. The summed E-state index contributed by atoms with van der Waals surface area (Å²) in [6, 6.07) is 0. The third kappa shape index (κ3) is 4.27. The Morgan fingerprint density at radius 3 is 2.20 bits per heavy atom. The van der Waals surface area contributed by atoms with E-state index in [2.05, 4.69) is 11.4 Å². The smallest absolute Gasteiger partial charge is 0.136 e. The van der Waals surface area contributed by atoms with Crippen molar-refractivity contribution in [2.75, 3.05) is 13.1 Å². The zero-order valence-corrected chi connectivity index (χ0v) is 6.10. The van der Waals surface area contributed by atoms with E-state index in [0.717, 1.165) is 12.8 Å². The molecule has 0 atom stereocenters. The molecular weight excluding hydrogens is 126 g/mol. The maximum absolute atomic E-state index is 10.4. The zero-order valence-electron chi connectivity index (χ0n) is 6.10. The average Bonchev–Trinajstić information content (AvgIpc) is 2.73. The lowest BCUT2D eigenvalue weighted by atomic mass is 10.1. The van der Waals surface area contributed by atoms with Crippen LogP contribution in [0.5, 0.6) is 0 Å². The molecule has 0 spiro atoms. The fraction of sp³-hybridized carbons (Fsp3) is 0.625. The van der Waals surface area contributed by atoms with Crippen LogP contribution >= 0.6 is 0 Å². The average molecular weight is 139 g/mol. The van der Waals surface area contributed by atoms with E-state index in [-0.39, 0.29) is 0 Å². The second kappa shape index (κ2) is 4.23. The molecule has 1 fully saturated rings. The largest absolute Gasteiger partial charge is 0.314 e. The number of hydrogen-bond donors (Lipinski definition) is 1. The number of carbonyl (C=O) groups excluding carboxylic acids is 1. The third-order valence-corrected chi connectivity index (χ3v) is 1.35. The Morgan fingerprint density at radius 2 is 2.00 bits per heavy atom. The second-order valence-corrected chi connectivity index (χ2v) is 2.50. The first-order valence-electron chi connectivity index (χ1n) is 3.77. The van der Waals surface area contributed by atoms with Crippen LogP contribution in [0.15, 0.2) is 12.2 Å². The molecule has 1 N–H and O–H groups in total. The van der Waals surface area contributed by atoms with Crippen LogP contribution in [0.2, 0.25) is 0 Å². The van der Waals surface area contributed by atoms with Crippen LogP contribution in [0.3, 0.4) is 0 Å². The summed E-state index contributed by atoms with van der Waals surface area (Å²) in [6.07, 6.45) is 6.38. The van der Waals surface area contributed by atoms with Crippen molar-refractivity contribution in [2.45, 2.75) is 19.3 Å². The van der Waals surface area contributed by atoms with Gasteiger partial charge < -0.3 is 5.32 Å². The summed E-state index contributed by atoms with van der Waals surface area (Å²) in [5.41, 5.74) is 0. The van der Waals surface area contributed by atoms with Crippen molar-refractivity contribution in [2.24, 2.45) is 0 Å². The van der Waals surface area contributed by atoms with Gasteiger partial charge in [-0.3, -0.25) is 4.79 Å². The minimum absolute atomic E-state index is 0.377. The number of hydrogen-bond acceptors (Lipinski definition) is 2. The summed E-state index contributed by atoms with van der Waals surface area (Å²) in [7, 11) is 0. The van der Waals surface area contributed by atoms with Gasteiger partial charge >= 0.3 is 0 Å². The molecule has 1 aliphatic heterocycles. The lowest BCUT2D eigenvalue weighted by Gasteiger charge is -1.97. The molecule has 2 nitrogen and oxygen atoms in total. The topological polar surface area (TPSA) is 39.0 Å². The monoisotopic (exact) mass is 139 g/mol. The molecule has 0 amide bonds. The van der Waals surface area contributed by atoms with Gasteiger partial charge in [0, 0.05) is 25.9 Å². The van der Waals surface area contributed by atoms with E-state index in [4.69, 9.17) is 0 Å². The number of allylic oxidation sites excluding steroid dienone is 2. The number of nitrogens with one attached hydrogen (secondary N) is 1. The van der Waals surface area contributed by atoms with Crippen molar-refractivity contribution in [3.63, 3.8) is 0 Å². The van der Waals surface area contributed by atoms with Crippen molar-refractivity contribution in [3.8, 4) is 0 Å². The number of ketones is 1. The summed E-state index contributed by atoms with van der Waals surface area (Å²) in [4.78, 5) is 10.4. The van der Waals surface area contributed by atoms with Gasteiger partial charge in [-0.15, -0.1) is 0 Å². The van der Waals surface area contributed by atoms with Gasteiger partial charge in [-0.1, -0.05) is 12.2 Å². The van der Waals surface area contributed by atoms with Gasteiger partial charge in [-0.2, -0.15) is 0 Å². The molecule has 1 heterocycles. The number of rotatable bonds is 0. The van der Waals surface area contributed by atoms with Crippen molar-refractivity contribution < 1.29 is 4.79 Å². The molecule has 0 saturated carbocycles. The second-order valence-electron chi connectivity index (χ2n) is 2.50. The molecule has 0 aromatic rings. The maximum atomic E-state index is 10.4. The number of Topliss-reactive ketones (excluding diaryl/α,β-unsaturated/α-hetero) is 1. The SMILES string of the molecule is C1CN1.O=C1CC=CCC1. The van der Waals surface area contributed by atoms with E-state index in [1.807, 2.05) is 6.08 Å². The van der Waals surface area contributed by atoms with Crippen molar-refractivity contribution in [1.82, 2.24) is 5.32 Å². The van der Waals surface area contributed by atoms with Gasteiger partial charge in [0.05, 0.1) is 0 Å². The molecule has 10 heavy (non-hydrogen) atoms. The fourth-order valence-corrected chi connectivity index (χ4v) is 0.679. The Kier molecular flexibility index (Phi) is 3.16. The normalized spacial score (nSPS) is 21.4. The summed E-state index contributed by atoms with van der Waals surface area (Å²) >= 11 is 0. The predicted octanol–water partition coefficient (Wildman–Crippen LogP) is 0.885. The quantitative estimate of drug-likeness (QED) is 0.400. The molecular formula is C8H13NO. The van der Waals surface area contributed by atoms with Gasteiger partial charge in [0.15, 0.2) is 0 Å². The van der Waals surface area contributed by atoms with Crippen LogP contribution < -0.4 is 5.32 Å². The van der Waals surface area contributed by atoms with Crippen LogP contribution in [0.1, 0.15) is 19.3 Å². The first-order chi connectivity index (χ1) is 4.89. The van der Waals surface area contributed by atoms with Crippen LogP contribution in [0, 0.1) is 0 Å². The van der Waals surface area contributed by atoms with Crippen LogP contribution in [-0.2, 0) is 4.79 Å². The number of carbonyl (C=O) groups is 1. The molecule has 1 aliphatic carbocycles. The highest BCUT2D eigenvalue weighted by Crippen LogP contribution is 2.03. The van der Waals surface area contributed by atoms with Crippen LogP contribution in [0.25, 0.3) is 0 Å². The van der Waals surface area contributed by atoms with E-state index >= 15 is 0 Å². The molecule has 0 radical (unpaired) electrons. The first kappa shape index (κ1) is 7.48. The summed E-state index contributed by atoms with van der Waals surface area (Å²) in [6.45, 7) is 2.50. The third-order valence-electron chi connectivity index (χ3n) is 1.35. The fourth-order valence-electron chi connectivity index (χ4n) is 0.679. The first-order valence-corrected chi connectivity index (χ1v) is 3.77. The molecule has 2 rings (SSSR count). The highest BCUT2D eigenvalue weighted by Gasteiger charge is 1.99. The van der Waals surface area contributed by atoms with Crippen molar-refractivity contribution >= 4 is 5.78 Å². The van der Waals surface area contributed by atoms with Crippen LogP contribution in [-0.4, -0.2) is 18.9 Å². The van der Waals surface area contributed by atoms with E-state index in [0.29, 0.717) is 12.2 Å². The van der Waals surface area contributed by atoms with Gasteiger partial charge in [-0.25, -0.2) is 0 Å². The van der Waals surface area contributed by atoms with E-state index in [1.165, 1.54) is 13.1 Å². The summed E-state index contributed by atoms with van der Waals surface area (Å²) in [5, 5.41) is 3.00. The Balaban J connectivity index is 0.000000138.